The van der Waals surface area contributed by atoms with Gasteiger partial charge in [0.15, 0.2) is 11.4 Å². The fourth-order valence-corrected chi connectivity index (χ4v) is 2.17. The van der Waals surface area contributed by atoms with Crippen LogP contribution in [0, 0.1) is 0 Å². The molecule has 6 heteroatoms. The Hall–Kier alpha value is -2.34. The van der Waals surface area contributed by atoms with Gasteiger partial charge in [-0.25, -0.2) is 5.32 Å². The van der Waals surface area contributed by atoms with Crippen LogP contribution in [0.1, 0.15) is 0 Å². The van der Waals surface area contributed by atoms with E-state index < -0.39 is 0 Å². The lowest BCUT2D eigenvalue weighted by Gasteiger charge is -2.12. The van der Waals surface area contributed by atoms with Crippen LogP contribution < -0.4 is 24.3 Å². The Morgan fingerprint density at radius 2 is 1.77 bits per heavy atom. The zero-order valence-electron chi connectivity index (χ0n) is 13.2. The lowest BCUT2D eigenvalue weighted by molar-refractivity contribution is -0.551. The summed E-state index contributed by atoms with van der Waals surface area (Å²) in [5, 5.41) is 3.74. The van der Waals surface area contributed by atoms with Gasteiger partial charge in [0.25, 0.3) is 0 Å². The molecular formula is C16H20N3O2S+. The van der Waals surface area contributed by atoms with Crippen molar-refractivity contribution < 1.29 is 14.0 Å². The molecule has 0 aliphatic heterocycles. The summed E-state index contributed by atoms with van der Waals surface area (Å²) in [5.74, 6) is 1.41. The third kappa shape index (κ3) is 3.65. The molecule has 2 aromatic rings. The van der Waals surface area contributed by atoms with Gasteiger partial charge in [-0.15, -0.1) is 0 Å². The number of thiocarbonyl (C=S) groups is 1. The highest BCUT2D eigenvalue weighted by atomic mass is 32.1. The van der Waals surface area contributed by atoms with Crippen molar-refractivity contribution >= 4 is 28.7 Å². The molecular weight excluding hydrogens is 298 g/mol. The van der Waals surface area contributed by atoms with Gasteiger partial charge < -0.3 is 14.4 Å². The summed E-state index contributed by atoms with van der Waals surface area (Å²) >= 11 is 5.43. The van der Waals surface area contributed by atoms with Gasteiger partial charge in [-0.05, 0) is 12.1 Å². The molecule has 1 aromatic carbocycles. The Balaban J connectivity index is 2.18. The van der Waals surface area contributed by atoms with E-state index in [0.29, 0.717) is 10.9 Å². The molecule has 0 fully saturated rings. The highest BCUT2D eigenvalue weighted by Gasteiger charge is 2.14. The average Bonchev–Trinajstić information content (AvgIpc) is 2.55. The molecule has 116 valence electrons. The Kier molecular flexibility index (Phi) is 5.16. The summed E-state index contributed by atoms with van der Waals surface area (Å²) in [6, 6.07) is 9.54. The lowest BCUT2D eigenvalue weighted by atomic mass is 10.2. The summed E-state index contributed by atoms with van der Waals surface area (Å²) in [4.78, 5) is 2.04. The fraction of sp³-hybridized carbons (Fsp3) is 0.250. The monoisotopic (exact) mass is 318 g/mol. The van der Waals surface area contributed by atoms with E-state index in [1.807, 2.05) is 66.3 Å². The number of rotatable bonds is 4. The number of pyridine rings is 1. The van der Waals surface area contributed by atoms with Crippen molar-refractivity contribution in [2.75, 3.05) is 38.5 Å². The molecule has 1 aromatic heterocycles. The molecule has 0 aliphatic rings. The van der Waals surface area contributed by atoms with Crippen LogP contribution in [-0.4, -0.2) is 33.4 Å². The normalized spacial score (nSPS) is 10.0. The van der Waals surface area contributed by atoms with Crippen molar-refractivity contribution in [2.24, 2.45) is 0 Å². The van der Waals surface area contributed by atoms with Crippen molar-refractivity contribution in [3.63, 3.8) is 0 Å². The third-order valence-corrected chi connectivity index (χ3v) is 3.53. The van der Waals surface area contributed by atoms with Crippen LogP contribution >= 0.6 is 12.2 Å². The number of aromatic nitrogens is 1. The Labute approximate surface area is 136 Å². The summed E-state index contributed by atoms with van der Waals surface area (Å²) in [7, 11) is 7.23. The van der Waals surface area contributed by atoms with E-state index >= 15 is 0 Å². The summed E-state index contributed by atoms with van der Waals surface area (Å²) in [5.41, 5.74) is 1.90. The molecule has 0 saturated heterocycles. The topological polar surface area (TPSA) is 37.6 Å². The first-order valence-electron chi connectivity index (χ1n) is 6.77. The first-order valence-corrected chi connectivity index (χ1v) is 7.18. The smallest absolute Gasteiger partial charge is 0.353 e. The molecule has 0 saturated carbocycles. The van der Waals surface area contributed by atoms with E-state index in [4.69, 9.17) is 21.7 Å². The van der Waals surface area contributed by atoms with Crippen molar-refractivity contribution in [3.05, 3.63) is 42.7 Å². The Morgan fingerprint density at radius 1 is 1.09 bits per heavy atom. The SMILES string of the molecule is COc1ccc(NC(=S)[n+]2ccc(N(C)C)cc2)c(OC)c1. The predicted molar refractivity (Wildman–Crippen MR) is 92.1 cm³/mol. The van der Waals surface area contributed by atoms with Crippen molar-refractivity contribution in [3.8, 4) is 11.5 Å². The molecule has 0 atom stereocenters. The van der Waals surface area contributed by atoms with Crippen LogP contribution in [0.3, 0.4) is 0 Å². The number of benzene rings is 1. The molecule has 1 heterocycles. The van der Waals surface area contributed by atoms with Crippen molar-refractivity contribution in [1.82, 2.24) is 0 Å². The maximum atomic E-state index is 5.43. The van der Waals surface area contributed by atoms with Crippen LogP contribution in [0.25, 0.3) is 0 Å². The summed E-state index contributed by atoms with van der Waals surface area (Å²) in [6.45, 7) is 0. The van der Waals surface area contributed by atoms with Gasteiger partial charge in [-0.1, -0.05) is 0 Å². The first-order chi connectivity index (χ1) is 10.5. The quantitative estimate of drug-likeness (QED) is 0.692. The van der Waals surface area contributed by atoms with Gasteiger partial charge >= 0.3 is 5.11 Å². The predicted octanol–water partition coefficient (Wildman–Crippen LogP) is 2.30. The van der Waals surface area contributed by atoms with Gasteiger partial charge in [0.2, 0.25) is 0 Å². The molecule has 0 radical (unpaired) electrons. The van der Waals surface area contributed by atoms with Crippen LogP contribution in [0.2, 0.25) is 0 Å². The Morgan fingerprint density at radius 3 is 2.32 bits per heavy atom. The van der Waals surface area contributed by atoms with Gasteiger partial charge in [-0.3, -0.25) is 0 Å². The maximum Gasteiger partial charge on any atom is 0.353 e. The maximum absolute atomic E-state index is 5.43. The number of ether oxygens (including phenoxy) is 2. The number of nitrogens with one attached hydrogen (secondary N) is 1. The van der Waals surface area contributed by atoms with Crippen LogP contribution in [0.5, 0.6) is 11.5 Å². The molecule has 0 amide bonds. The minimum atomic E-state index is 0.564. The molecule has 0 aliphatic carbocycles. The minimum absolute atomic E-state index is 0.564. The summed E-state index contributed by atoms with van der Waals surface area (Å²) < 4.78 is 12.4. The van der Waals surface area contributed by atoms with Crippen LogP contribution in [0.4, 0.5) is 11.4 Å². The molecule has 0 spiro atoms. The molecule has 1 N–H and O–H groups in total. The van der Waals surface area contributed by atoms with E-state index in [-0.39, 0.29) is 0 Å². The van der Waals surface area contributed by atoms with E-state index in [9.17, 15) is 0 Å². The van der Waals surface area contributed by atoms with Gasteiger partial charge in [0.05, 0.1) is 26.6 Å². The number of hydrogen-bond acceptors (Lipinski definition) is 4. The van der Waals surface area contributed by atoms with Gasteiger partial charge in [-0.2, -0.15) is 4.57 Å². The van der Waals surface area contributed by atoms with Crippen molar-refractivity contribution in [2.45, 2.75) is 0 Å². The van der Waals surface area contributed by atoms with E-state index in [0.717, 1.165) is 17.1 Å². The molecule has 2 rings (SSSR count). The first kappa shape index (κ1) is 16.0. The highest BCUT2D eigenvalue weighted by molar-refractivity contribution is 7.80. The summed E-state index contributed by atoms with van der Waals surface area (Å²) in [6.07, 6.45) is 3.83. The van der Waals surface area contributed by atoms with E-state index in [2.05, 4.69) is 5.32 Å². The molecule has 22 heavy (non-hydrogen) atoms. The second kappa shape index (κ2) is 7.09. The number of methoxy groups -OCH3 is 2. The molecule has 5 nitrogen and oxygen atoms in total. The zero-order valence-corrected chi connectivity index (χ0v) is 14.0. The lowest BCUT2D eigenvalue weighted by Crippen LogP contribution is -2.45. The largest absolute Gasteiger partial charge is 0.497 e. The third-order valence-electron chi connectivity index (χ3n) is 3.21. The number of hydrogen-bond donors (Lipinski definition) is 1. The standard InChI is InChI=1S/C16H19N3O2S/c1-18(2)12-7-9-19(10-8-12)16(22)17-14-6-5-13(20-3)11-15(14)21-4/h5-11H,1-4H3/p+1. The number of nitrogens with zero attached hydrogens (tertiary/aromatic N) is 2. The highest BCUT2D eigenvalue weighted by Crippen LogP contribution is 2.28. The van der Waals surface area contributed by atoms with E-state index in [1.54, 1.807) is 14.2 Å². The minimum Gasteiger partial charge on any atom is -0.497 e. The van der Waals surface area contributed by atoms with E-state index in [1.165, 1.54) is 0 Å². The second-order valence-corrected chi connectivity index (χ2v) is 5.24. The Bertz CT molecular complexity index is 657. The fourth-order valence-electron chi connectivity index (χ4n) is 1.93. The second-order valence-electron chi connectivity index (χ2n) is 4.85. The van der Waals surface area contributed by atoms with Crippen LogP contribution in [0.15, 0.2) is 42.7 Å². The van der Waals surface area contributed by atoms with Gasteiger partial charge in [0.1, 0.15) is 5.75 Å². The average molecular weight is 318 g/mol. The van der Waals surface area contributed by atoms with Gasteiger partial charge in [0, 0.05) is 50.2 Å². The molecule has 0 bridgehead atoms. The van der Waals surface area contributed by atoms with Crippen molar-refractivity contribution in [1.29, 1.82) is 0 Å². The van der Waals surface area contributed by atoms with Crippen LogP contribution in [-0.2, 0) is 0 Å². The zero-order chi connectivity index (χ0) is 16.1. The molecule has 0 unspecified atom stereocenters. The number of anilines is 2.